The van der Waals surface area contributed by atoms with Gasteiger partial charge in [-0.05, 0) is 30.6 Å². The SMILES string of the molecule is COC(CCSC)CNS(=O)(=O)c1ccccc1Cl. The molecule has 108 valence electrons. The molecular weight excluding hydrogens is 306 g/mol. The van der Waals surface area contributed by atoms with E-state index < -0.39 is 10.0 Å². The molecule has 1 aromatic carbocycles. The average Bonchev–Trinajstić information content (AvgIpc) is 2.39. The van der Waals surface area contributed by atoms with Gasteiger partial charge >= 0.3 is 0 Å². The van der Waals surface area contributed by atoms with Gasteiger partial charge in [0.05, 0.1) is 11.1 Å². The standard InChI is InChI=1S/C12H18ClNO3S2/c1-17-10(7-8-18-2)9-14-19(15,16)12-6-4-3-5-11(12)13/h3-6,10,14H,7-9H2,1-2H3. The summed E-state index contributed by atoms with van der Waals surface area (Å²) >= 11 is 7.59. The van der Waals surface area contributed by atoms with Crippen LogP contribution in [0.3, 0.4) is 0 Å². The summed E-state index contributed by atoms with van der Waals surface area (Å²) in [5.41, 5.74) is 0. The van der Waals surface area contributed by atoms with Gasteiger partial charge in [0.25, 0.3) is 0 Å². The van der Waals surface area contributed by atoms with E-state index in [0.29, 0.717) is 0 Å². The zero-order valence-corrected chi connectivity index (χ0v) is 13.3. The maximum atomic E-state index is 12.1. The summed E-state index contributed by atoms with van der Waals surface area (Å²) < 4.78 is 32.0. The van der Waals surface area contributed by atoms with Gasteiger partial charge in [0.2, 0.25) is 10.0 Å². The molecule has 4 nitrogen and oxygen atoms in total. The molecular formula is C12H18ClNO3S2. The number of hydrogen-bond donors (Lipinski definition) is 1. The number of rotatable bonds is 8. The lowest BCUT2D eigenvalue weighted by molar-refractivity contribution is 0.104. The zero-order chi connectivity index (χ0) is 14.3. The van der Waals surface area contributed by atoms with E-state index in [2.05, 4.69) is 4.72 Å². The van der Waals surface area contributed by atoms with Crippen molar-refractivity contribution in [3.63, 3.8) is 0 Å². The Labute approximate surface area is 123 Å². The molecule has 0 aromatic heterocycles. The average molecular weight is 324 g/mol. The third-order valence-electron chi connectivity index (χ3n) is 2.60. The van der Waals surface area contributed by atoms with Crippen molar-refractivity contribution in [2.24, 2.45) is 0 Å². The minimum Gasteiger partial charge on any atom is -0.380 e. The first kappa shape index (κ1) is 16.8. The van der Waals surface area contributed by atoms with Crippen LogP contribution in [0.2, 0.25) is 5.02 Å². The summed E-state index contributed by atoms with van der Waals surface area (Å²) in [5, 5.41) is 0.216. The van der Waals surface area contributed by atoms with Crippen LogP contribution >= 0.6 is 23.4 Å². The quantitative estimate of drug-likeness (QED) is 0.798. The Morgan fingerprint density at radius 2 is 2.11 bits per heavy atom. The summed E-state index contributed by atoms with van der Waals surface area (Å²) in [6.07, 6.45) is 2.66. The van der Waals surface area contributed by atoms with Crippen LogP contribution in [-0.2, 0) is 14.8 Å². The van der Waals surface area contributed by atoms with Gasteiger partial charge in [-0.15, -0.1) is 0 Å². The van der Waals surface area contributed by atoms with E-state index >= 15 is 0 Å². The molecule has 0 aliphatic rings. The van der Waals surface area contributed by atoms with Gasteiger partial charge in [0, 0.05) is 13.7 Å². The Kier molecular flexibility index (Phi) is 7.17. The molecule has 0 heterocycles. The molecule has 0 saturated heterocycles. The highest BCUT2D eigenvalue weighted by Crippen LogP contribution is 2.20. The van der Waals surface area contributed by atoms with Crippen LogP contribution in [0.4, 0.5) is 0 Å². The lowest BCUT2D eigenvalue weighted by Crippen LogP contribution is -2.33. The molecule has 1 N–H and O–H groups in total. The maximum Gasteiger partial charge on any atom is 0.242 e. The van der Waals surface area contributed by atoms with Gasteiger partial charge in [-0.2, -0.15) is 11.8 Å². The summed E-state index contributed by atoms with van der Waals surface area (Å²) in [4.78, 5) is 0.0939. The molecule has 0 aliphatic heterocycles. The second-order valence-electron chi connectivity index (χ2n) is 3.92. The molecule has 0 amide bonds. The van der Waals surface area contributed by atoms with E-state index in [1.807, 2.05) is 6.26 Å². The van der Waals surface area contributed by atoms with Gasteiger partial charge in [0.1, 0.15) is 4.90 Å². The van der Waals surface area contributed by atoms with Crippen LogP contribution < -0.4 is 4.72 Å². The first-order valence-electron chi connectivity index (χ1n) is 5.77. The smallest absolute Gasteiger partial charge is 0.242 e. The fourth-order valence-corrected chi connectivity index (χ4v) is 3.58. The van der Waals surface area contributed by atoms with Crippen molar-refractivity contribution in [1.29, 1.82) is 0 Å². The van der Waals surface area contributed by atoms with E-state index in [1.165, 1.54) is 6.07 Å². The predicted octanol–water partition coefficient (Wildman–Crippen LogP) is 2.39. The second-order valence-corrected chi connectivity index (χ2v) is 7.05. The molecule has 1 aromatic rings. The Balaban J connectivity index is 2.67. The van der Waals surface area contributed by atoms with Crippen LogP contribution in [-0.4, -0.2) is 40.2 Å². The first-order chi connectivity index (χ1) is 9.01. The van der Waals surface area contributed by atoms with Crippen LogP contribution in [0.1, 0.15) is 6.42 Å². The number of nitrogens with one attached hydrogen (secondary N) is 1. The Morgan fingerprint density at radius 1 is 1.42 bits per heavy atom. The summed E-state index contributed by atoms with van der Waals surface area (Å²) in [6.45, 7) is 0.241. The van der Waals surface area contributed by atoms with Crippen LogP contribution in [0, 0.1) is 0 Å². The number of ether oxygens (including phenoxy) is 1. The van der Waals surface area contributed by atoms with Crippen LogP contribution in [0.25, 0.3) is 0 Å². The van der Waals surface area contributed by atoms with Gasteiger partial charge in [0.15, 0.2) is 0 Å². The topological polar surface area (TPSA) is 55.4 Å². The highest BCUT2D eigenvalue weighted by molar-refractivity contribution is 7.98. The number of sulfonamides is 1. The molecule has 0 spiro atoms. The molecule has 1 unspecified atom stereocenters. The third-order valence-corrected chi connectivity index (χ3v) is 5.17. The molecule has 1 atom stereocenters. The Hall–Kier alpha value is -0.270. The number of hydrogen-bond acceptors (Lipinski definition) is 4. The first-order valence-corrected chi connectivity index (χ1v) is 9.02. The fraction of sp³-hybridized carbons (Fsp3) is 0.500. The Morgan fingerprint density at radius 3 is 2.68 bits per heavy atom. The highest BCUT2D eigenvalue weighted by atomic mass is 35.5. The van der Waals surface area contributed by atoms with Crippen molar-refractivity contribution >= 4 is 33.4 Å². The van der Waals surface area contributed by atoms with Crippen LogP contribution in [0.15, 0.2) is 29.2 Å². The molecule has 0 bridgehead atoms. The van der Waals surface area contributed by atoms with E-state index in [0.717, 1.165) is 12.2 Å². The Bertz CT molecular complexity index is 494. The number of benzene rings is 1. The minimum absolute atomic E-state index is 0.0939. The molecule has 7 heteroatoms. The van der Waals surface area contributed by atoms with Crippen molar-refractivity contribution in [1.82, 2.24) is 4.72 Å². The monoisotopic (exact) mass is 323 g/mol. The van der Waals surface area contributed by atoms with Crippen molar-refractivity contribution in [3.8, 4) is 0 Å². The number of thioether (sulfide) groups is 1. The lowest BCUT2D eigenvalue weighted by Gasteiger charge is -2.16. The van der Waals surface area contributed by atoms with Gasteiger partial charge in [-0.3, -0.25) is 0 Å². The van der Waals surface area contributed by atoms with E-state index in [-0.39, 0.29) is 22.6 Å². The lowest BCUT2D eigenvalue weighted by atomic mass is 10.3. The predicted molar refractivity (Wildman–Crippen MR) is 80.4 cm³/mol. The fourth-order valence-electron chi connectivity index (χ4n) is 1.50. The summed E-state index contributed by atoms with van der Waals surface area (Å²) in [6, 6.07) is 6.37. The number of methoxy groups -OCH3 is 1. The third kappa shape index (κ3) is 5.31. The van der Waals surface area contributed by atoms with Gasteiger partial charge in [-0.25, -0.2) is 13.1 Å². The van der Waals surface area contributed by atoms with E-state index in [9.17, 15) is 8.42 Å². The molecule has 0 fully saturated rings. The van der Waals surface area contributed by atoms with Crippen molar-refractivity contribution < 1.29 is 13.2 Å². The van der Waals surface area contributed by atoms with E-state index in [4.69, 9.17) is 16.3 Å². The molecule has 0 saturated carbocycles. The van der Waals surface area contributed by atoms with Crippen molar-refractivity contribution in [2.75, 3.05) is 25.7 Å². The van der Waals surface area contributed by atoms with Crippen LogP contribution in [0.5, 0.6) is 0 Å². The van der Waals surface area contributed by atoms with Gasteiger partial charge < -0.3 is 4.74 Å². The maximum absolute atomic E-state index is 12.1. The van der Waals surface area contributed by atoms with Crippen molar-refractivity contribution in [2.45, 2.75) is 17.4 Å². The minimum atomic E-state index is -3.59. The van der Waals surface area contributed by atoms with Crippen molar-refractivity contribution in [3.05, 3.63) is 29.3 Å². The summed E-state index contributed by atoms with van der Waals surface area (Å²) in [7, 11) is -2.01. The van der Waals surface area contributed by atoms with E-state index in [1.54, 1.807) is 37.1 Å². The van der Waals surface area contributed by atoms with Gasteiger partial charge in [-0.1, -0.05) is 23.7 Å². The normalized spacial score (nSPS) is 13.4. The molecule has 19 heavy (non-hydrogen) atoms. The molecule has 1 rings (SSSR count). The highest BCUT2D eigenvalue weighted by Gasteiger charge is 2.19. The largest absolute Gasteiger partial charge is 0.380 e. The molecule has 0 radical (unpaired) electrons. The second kappa shape index (κ2) is 8.11. The number of halogens is 1. The zero-order valence-electron chi connectivity index (χ0n) is 10.9. The summed E-state index contributed by atoms with van der Waals surface area (Å²) in [5.74, 6) is 0.923. The molecule has 0 aliphatic carbocycles.